The van der Waals surface area contributed by atoms with Crippen LogP contribution in [0.4, 0.5) is 0 Å². The van der Waals surface area contributed by atoms with E-state index in [1.165, 1.54) is 0 Å². The Morgan fingerprint density at radius 3 is 2.42 bits per heavy atom. The summed E-state index contributed by atoms with van der Waals surface area (Å²) in [6, 6.07) is 21.8. The number of nitrogens with one attached hydrogen (secondary N) is 1. The van der Waals surface area contributed by atoms with Gasteiger partial charge < -0.3 is 15.1 Å². The Labute approximate surface area is 161 Å². The van der Waals surface area contributed by atoms with Gasteiger partial charge >= 0.3 is 0 Å². The normalized spacial score (nSPS) is 13.2. The predicted octanol–water partition coefficient (Wildman–Crippen LogP) is 3.57. The lowest BCUT2D eigenvalue weighted by Crippen LogP contribution is -2.87. The fourth-order valence-electron chi connectivity index (χ4n) is 2.91. The molecule has 0 bridgehead atoms. The lowest BCUT2D eigenvalue weighted by Gasteiger charge is -2.16. The van der Waals surface area contributed by atoms with Crippen molar-refractivity contribution in [3.05, 3.63) is 94.4 Å². The van der Waals surface area contributed by atoms with Crippen LogP contribution in [0.15, 0.2) is 81.9 Å². The van der Waals surface area contributed by atoms with E-state index in [0.29, 0.717) is 6.54 Å². The standard InChI is InChI=1S/C21H21BrN2O2/c1-15(16-9-11-18(22)12-10-16)24-20(25)14-23-21(19-8-5-13-26-19)17-6-3-2-4-7-17/h2-13,15,21,23H,14H2,1H3,(H,24,25)/p+1/t15-,21+/m1/s1. The van der Waals surface area contributed by atoms with Crippen LogP contribution in [0.1, 0.15) is 35.9 Å². The summed E-state index contributed by atoms with van der Waals surface area (Å²) in [6.07, 6.45) is 1.66. The van der Waals surface area contributed by atoms with Gasteiger partial charge in [0.1, 0.15) is 0 Å². The number of hydrogen-bond acceptors (Lipinski definition) is 2. The first-order chi connectivity index (χ1) is 12.6. The average molecular weight is 414 g/mol. The molecule has 0 radical (unpaired) electrons. The molecule has 4 nitrogen and oxygen atoms in total. The molecule has 0 spiro atoms. The molecule has 2 atom stereocenters. The summed E-state index contributed by atoms with van der Waals surface area (Å²) in [5.41, 5.74) is 2.18. The molecule has 0 unspecified atom stereocenters. The van der Waals surface area contributed by atoms with Crippen molar-refractivity contribution in [1.82, 2.24) is 5.32 Å². The van der Waals surface area contributed by atoms with Crippen LogP contribution in [0.2, 0.25) is 0 Å². The van der Waals surface area contributed by atoms with Gasteiger partial charge in [0, 0.05) is 10.0 Å². The fraction of sp³-hybridized carbons (Fsp3) is 0.190. The van der Waals surface area contributed by atoms with E-state index in [4.69, 9.17) is 4.42 Å². The molecule has 3 aromatic rings. The Morgan fingerprint density at radius 2 is 1.77 bits per heavy atom. The summed E-state index contributed by atoms with van der Waals surface area (Å²) in [5, 5.41) is 5.05. The highest BCUT2D eigenvalue weighted by Crippen LogP contribution is 2.18. The zero-order valence-corrected chi connectivity index (χ0v) is 16.1. The summed E-state index contributed by atoms with van der Waals surface area (Å²) in [6.45, 7) is 2.31. The van der Waals surface area contributed by atoms with E-state index in [1.807, 2.05) is 79.0 Å². The molecule has 3 rings (SSSR count). The van der Waals surface area contributed by atoms with Crippen LogP contribution < -0.4 is 10.6 Å². The minimum absolute atomic E-state index is 0.00657. The maximum absolute atomic E-state index is 12.4. The molecular formula is C21H22BrN2O2+. The number of hydrogen-bond donors (Lipinski definition) is 2. The lowest BCUT2D eigenvalue weighted by atomic mass is 10.0. The highest BCUT2D eigenvalue weighted by Gasteiger charge is 2.22. The smallest absolute Gasteiger partial charge is 0.275 e. The molecule has 1 heterocycles. The van der Waals surface area contributed by atoms with E-state index >= 15 is 0 Å². The largest absolute Gasteiger partial charge is 0.463 e. The summed E-state index contributed by atoms with van der Waals surface area (Å²) in [7, 11) is 0. The summed E-state index contributed by atoms with van der Waals surface area (Å²) in [4.78, 5) is 12.4. The fourth-order valence-corrected chi connectivity index (χ4v) is 3.17. The number of benzene rings is 2. The van der Waals surface area contributed by atoms with Crippen LogP contribution in [0.25, 0.3) is 0 Å². The quantitative estimate of drug-likeness (QED) is 0.621. The molecular weight excluding hydrogens is 392 g/mol. The Balaban J connectivity index is 1.62. The zero-order valence-electron chi connectivity index (χ0n) is 14.6. The van der Waals surface area contributed by atoms with Crippen molar-refractivity contribution in [3.63, 3.8) is 0 Å². The van der Waals surface area contributed by atoms with Gasteiger partial charge in [-0.3, -0.25) is 4.79 Å². The van der Waals surface area contributed by atoms with E-state index in [2.05, 4.69) is 21.2 Å². The SMILES string of the molecule is C[C@@H](NC(=O)C[NH2+][C@@H](c1ccccc1)c1ccco1)c1ccc(Br)cc1. The molecule has 0 aliphatic heterocycles. The third kappa shape index (κ3) is 4.84. The molecule has 134 valence electrons. The molecule has 0 aliphatic rings. The second-order valence-electron chi connectivity index (χ2n) is 6.18. The Kier molecular flexibility index (Phi) is 6.26. The van der Waals surface area contributed by atoms with Gasteiger partial charge in [0.2, 0.25) is 0 Å². The Hall–Kier alpha value is -2.37. The van der Waals surface area contributed by atoms with Crippen molar-refractivity contribution in [1.29, 1.82) is 0 Å². The topological polar surface area (TPSA) is 58.9 Å². The van der Waals surface area contributed by atoms with Crippen molar-refractivity contribution in [2.24, 2.45) is 0 Å². The second kappa shape index (κ2) is 8.83. The molecule has 26 heavy (non-hydrogen) atoms. The number of carbonyl (C=O) groups excluding carboxylic acids is 1. The van der Waals surface area contributed by atoms with E-state index in [0.717, 1.165) is 21.4 Å². The average Bonchev–Trinajstić information content (AvgIpc) is 3.17. The third-order valence-corrected chi connectivity index (χ3v) is 4.82. The second-order valence-corrected chi connectivity index (χ2v) is 7.10. The van der Waals surface area contributed by atoms with Gasteiger partial charge in [0.15, 0.2) is 18.3 Å². The number of carbonyl (C=O) groups is 1. The van der Waals surface area contributed by atoms with Crippen molar-refractivity contribution in [3.8, 4) is 0 Å². The monoisotopic (exact) mass is 413 g/mol. The van der Waals surface area contributed by atoms with Crippen molar-refractivity contribution >= 4 is 21.8 Å². The van der Waals surface area contributed by atoms with Gasteiger partial charge in [-0.1, -0.05) is 58.4 Å². The minimum Gasteiger partial charge on any atom is -0.463 e. The molecule has 0 saturated carbocycles. The van der Waals surface area contributed by atoms with Crippen molar-refractivity contribution < 1.29 is 14.5 Å². The zero-order chi connectivity index (χ0) is 18.4. The van der Waals surface area contributed by atoms with Crippen LogP contribution in [-0.2, 0) is 4.79 Å². The van der Waals surface area contributed by atoms with Gasteiger partial charge in [-0.05, 0) is 36.8 Å². The molecule has 0 fully saturated rings. The summed E-state index contributed by atoms with van der Waals surface area (Å²) < 4.78 is 6.60. The van der Waals surface area contributed by atoms with Gasteiger partial charge in [-0.25, -0.2) is 0 Å². The molecule has 5 heteroatoms. The van der Waals surface area contributed by atoms with Crippen molar-refractivity contribution in [2.45, 2.75) is 19.0 Å². The highest BCUT2D eigenvalue weighted by atomic mass is 79.9. The maximum Gasteiger partial charge on any atom is 0.275 e. The van der Waals surface area contributed by atoms with Crippen LogP contribution in [-0.4, -0.2) is 12.5 Å². The third-order valence-electron chi connectivity index (χ3n) is 4.29. The summed E-state index contributed by atoms with van der Waals surface area (Å²) in [5.74, 6) is 0.831. The first kappa shape index (κ1) is 18.4. The van der Waals surface area contributed by atoms with E-state index in [9.17, 15) is 4.79 Å². The van der Waals surface area contributed by atoms with Gasteiger partial charge in [0.25, 0.3) is 5.91 Å². The molecule has 3 N–H and O–H groups in total. The minimum atomic E-state index is -0.0417. The number of nitrogens with two attached hydrogens (primary N) is 1. The summed E-state index contributed by atoms with van der Waals surface area (Å²) >= 11 is 3.43. The Morgan fingerprint density at radius 1 is 1.04 bits per heavy atom. The first-order valence-electron chi connectivity index (χ1n) is 8.60. The first-order valence-corrected chi connectivity index (χ1v) is 9.39. The van der Waals surface area contributed by atoms with Crippen LogP contribution in [0.5, 0.6) is 0 Å². The number of halogens is 1. The Bertz CT molecular complexity index is 817. The molecule has 0 saturated heterocycles. The number of amides is 1. The molecule has 1 aromatic heterocycles. The number of quaternary nitrogens is 1. The molecule has 0 aliphatic carbocycles. The van der Waals surface area contributed by atoms with Crippen LogP contribution in [0, 0.1) is 0 Å². The molecule has 2 aromatic carbocycles. The highest BCUT2D eigenvalue weighted by molar-refractivity contribution is 9.10. The maximum atomic E-state index is 12.4. The van der Waals surface area contributed by atoms with Crippen LogP contribution >= 0.6 is 15.9 Å². The predicted molar refractivity (Wildman–Crippen MR) is 104 cm³/mol. The van der Waals surface area contributed by atoms with Crippen molar-refractivity contribution in [2.75, 3.05) is 6.54 Å². The molecule has 1 amide bonds. The van der Waals surface area contributed by atoms with Gasteiger partial charge in [0.05, 0.1) is 12.3 Å². The number of furan rings is 1. The van der Waals surface area contributed by atoms with Gasteiger partial charge in [-0.15, -0.1) is 0 Å². The van der Waals surface area contributed by atoms with E-state index < -0.39 is 0 Å². The van der Waals surface area contributed by atoms with Crippen LogP contribution in [0.3, 0.4) is 0 Å². The van der Waals surface area contributed by atoms with E-state index in [-0.39, 0.29) is 18.0 Å². The van der Waals surface area contributed by atoms with E-state index in [1.54, 1.807) is 6.26 Å². The number of rotatable bonds is 7. The lowest BCUT2D eigenvalue weighted by molar-refractivity contribution is -0.678. The van der Waals surface area contributed by atoms with Gasteiger partial charge in [-0.2, -0.15) is 0 Å².